The molecule has 0 bridgehead atoms. The van der Waals surface area contributed by atoms with Crippen molar-refractivity contribution < 1.29 is 14.6 Å². The van der Waals surface area contributed by atoms with Crippen molar-refractivity contribution in [3.63, 3.8) is 0 Å². The summed E-state index contributed by atoms with van der Waals surface area (Å²) in [4.78, 5) is 11.0. The van der Waals surface area contributed by atoms with Crippen molar-refractivity contribution in [3.8, 4) is 0 Å². The minimum absolute atomic E-state index is 0.194. The van der Waals surface area contributed by atoms with E-state index in [4.69, 9.17) is 4.74 Å². The van der Waals surface area contributed by atoms with E-state index in [1.165, 1.54) is 0 Å². The van der Waals surface area contributed by atoms with Crippen molar-refractivity contribution in [2.24, 2.45) is 0 Å². The molecule has 0 aliphatic rings. The first kappa shape index (κ1) is 14.4. The molecule has 15 heavy (non-hydrogen) atoms. The van der Waals surface area contributed by atoms with Gasteiger partial charge in [-0.15, -0.1) is 0 Å². The number of nitrogens with one attached hydrogen (secondary N) is 1. The summed E-state index contributed by atoms with van der Waals surface area (Å²) in [5.74, 6) is -0.194. The number of carbonyl (C=O) groups excluding carboxylic acids is 1. The molecule has 0 saturated carbocycles. The molecule has 0 amide bonds. The van der Waals surface area contributed by atoms with Gasteiger partial charge in [-0.1, -0.05) is 13.3 Å². The Morgan fingerprint density at radius 3 is 2.67 bits per heavy atom. The number of hydrogen-bond acceptors (Lipinski definition) is 4. The van der Waals surface area contributed by atoms with Crippen LogP contribution in [-0.2, 0) is 9.53 Å². The number of carbonyl (C=O) groups is 1. The van der Waals surface area contributed by atoms with Crippen molar-refractivity contribution in [1.29, 1.82) is 0 Å². The fraction of sp³-hybridized carbons (Fsp3) is 0.909. The SMILES string of the molecule is CCCC(C)(O)CNCCC(=O)OCC. The van der Waals surface area contributed by atoms with Gasteiger partial charge in [-0.2, -0.15) is 0 Å². The second-order valence-corrected chi connectivity index (χ2v) is 3.98. The smallest absolute Gasteiger partial charge is 0.307 e. The first-order chi connectivity index (χ1) is 7.02. The van der Waals surface area contributed by atoms with Gasteiger partial charge in [0.25, 0.3) is 0 Å². The van der Waals surface area contributed by atoms with E-state index in [0.717, 1.165) is 12.8 Å². The summed E-state index contributed by atoms with van der Waals surface area (Å²) in [5, 5.41) is 12.9. The normalized spacial score (nSPS) is 14.7. The van der Waals surface area contributed by atoms with Gasteiger partial charge in [0.05, 0.1) is 18.6 Å². The van der Waals surface area contributed by atoms with Crippen LogP contribution in [0, 0.1) is 0 Å². The molecule has 1 unspecified atom stereocenters. The molecule has 0 saturated heterocycles. The molecule has 0 spiro atoms. The Kier molecular flexibility index (Phi) is 7.34. The van der Waals surface area contributed by atoms with Gasteiger partial charge in [0, 0.05) is 13.1 Å². The second-order valence-electron chi connectivity index (χ2n) is 3.98. The van der Waals surface area contributed by atoms with E-state index in [1.54, 1.807) is 13.8 Å². The van der Waals surface area contributed by atoms with Crippen LogP contribution < -0.4 is 5.32 Å². The van der Waals surface area contributed by atoms with Crippen LogP contribution >= 0.6 is 0 Å². The predicted molar refractivity (Wildman–Crippen MR) is 59.7 cm³/mol. The largest absolute Gasteiger partial charge is 0.466 e. The lowest BCUT2D eigenvalue weighted by atomic mass is 10.0. The van der Waals surface area contributed by atoms with Crippen molar-refractivity contribution in [1.82, 2.24) is 5.32 Å². The van der Waals surface area contributed by atoms with Crippen LogP contribution in [0.2, 0.25) is 0 Å². The van der Waals surface area contributed by atoms with Gasteiger partial charge in [0.1, 0.15) is 0 Å². The molecule has 0 aromatic carbocycles. The maximum atomic E-state index is 11.0. The summed E-state index contributed by atoms with van der Waals surface area (Å²) in [6.07, 6.45) is 2.07. The average Bonchev–Trinajstić information content (AvgIpc) is 2.13. The Labute approximate surface area is 92.0 Å². The monoisotopic (exact) mass is 217 g/mol. The number of esters is 1. The third kappa shape index (κ3) is 8.39. The van der Waals surface area contributed by atoms with Crippen LogP contribution in [0.5, 0.6) is 0 Å². The lowest BCUT2D eigenvalue weighted by molar-refractivity contribution is -0.143. The average molecular weight is 217 g/mol. The first-order valence-electron chi connectivity index (χ1n) is 5.60. The Morgan fingerprint density at radius 1 is 1.47 bits per heavy atom. The summed E-state index contributed by atoms with van der Waals surface area (Å²) in [7, 11) is 0. The van der Waals surface area contributed by atoms with Crippen LogP contribution in [0.25, 0.3) is 0 Å². The Balaban J connectivity index is 3.49. The van der Waals surface area contributed by atoms with Crippen molar-refractivity contribution in [2.75, 3.05) is 19.7 Å². The molecule has 0 aromatic heterocycles. The zero-order valence-corrected chi connectivity index (χ0v) is 10.0. The van der Waals surface area contributed by atoms with E-state index < -0.39 is 5.60 Å². The molecule has 0 fully saturated rings. The maximum absolute atomic E-state index is 11.0. The van der Waals surface area contributed by atoms with E-state index in [1.807, 2.05) is 6.92 Å². The maximum Gasteiger partial charge on any atom is 0.307 e. The highest BCUT2D eigenvalue weighted by Gasteiger charge is 2.17. The molecular formula is C11H23NO3. The Morgan fingerprint density at radius 2 is 2.13 bits per heavy atom. The molecule has 4 heteroatoms. The second kappa shape index (κ2) is 7.65. The molecule has 1 atom stereocenters. The van der Waals surface area contributed by atoms with Crippen molar-refractivity contribution >= 4 is 5.97 Å². The third-order valence-electron chi connectivity index (χ3n) is 2.11. The molecule has 0 heterocycles. The van der Waals surface area contributed by atoms with Crippen LogP contribution in [0.4, 0.5) is 0 Å². The van der Waals surface area contributed by atoms with Crippen LogP contribution in [0.3, 0.4) is 0 Å². The molecule has 90 valence electrons. The number of aliphatic hydroxyl groups is 1. The zero-order chi connectivity index (χ0) is 11.7. The van der Waals surface area contributed by atoms with Gasteiger partial charge in [-0.3, -0.25) is 4.79 Å². The van der Waals surface area contributed by atoms with E-state index in [-0.39, 0.29) is 5.97 Å². The lowest BCUT2D eigenvalue weighted by Crippen LogP contribution is -2.38. The number of hydrogen-bond donors (Lipinski definition) is 2. The van der Waals surface area contributed by atoms with Gasteiger partial charge in [0.2, 0.25) is 0 Å². The van der Waals surface area contributed by atoms with Gasteiger partial charge >= 0.3 is 5.97 Å². The molecule has 4 nitrogen and oxygen atoms in total. The van der Waals surface area contributed by atoms with Crippen LogP contribution in [-0.4, -0.2) is 36.4 Å². The van der Waals surface area contributed by atoms with E-state index >= 15 is 0 Å². The van der Waals surface area contributed by atoms with Gasteiger partial charge in [0.15, 0.2) is 0 Å². The summed E-state index contributed by atoms with van der Waals surface area (Å²) in [5.41, 5.74) is -0.677. The first-order valence-corrected chi connectivity index (χ1v) is 5.60. The fourth-order valence-electron chi connectivity index (χ4n) is 1.41. The molecule has 0 radical (unpaired) electrons. The van der Waals surface area contributed by atoms with Crippen LogP contribution in [0.15, 0.2) is 0 Å². The van der Waals surface area contributed by atoms with E-state index in [0.29, 0.717) is 26.1 Å². The standard InChI is InChI=1S/C11H23NO3/c1-4-7-11(3,14)9-12-8-6-10(13)15-5-2/h12,14H,4-9H2,1-3H3. The van der Waals surface area contributed by atoms with Crippen molar-refractivity contribution in [2.45, 2.75) is 45.6 Å². The summed E-state index contributed by atoms with van der Waals surface area (Å²) >= 11 is 0. The third-order valence-corrected chi connectivity index (χ3v) is 2.11. The van der Waals surface area contributed by atoms with Crippen LogP contribution in [0.1, 0.15) is 40.0 Å². The van der Waals surface area contributed by atoms with Crippen molar-refractivity contribution in [3.05, 3.63) is 0 Å². The summed E-state index contributed by atoms with van der Waals surface area (Å²) in [6.45, 7) is 7.11. The van der Waals surface area contributed by atoms with Gasteiger partial charge < -0.3 is 15.2 Å². The van der Waals surface area contributed by atoms with Gasteiger partial charge in [-0.05, 0) is 20.3 Å². The van der Waals surface area contributed by atoms with E-state index in [2.05, 4.69) is 5.32 Å². The zero-order valence-electron chi connectivity index (χ0n) is 10.0. The molecule has 0 aliphatic heterocycles. The fourth-order valence-corrected chi connectivity index (χ4v) is 1.41. The highest BCUT2D eigenvalue weighted by Crippen LogP contribution is 2.09. The quantitative estimate of drug-likeness (QED) is 0.472. The number of rotatable bonds is 8. The topological polar surface area (TPSA) is 58.6 Å². The molecule has 0 aromatic rings. The molecule has 0 rings (SSSR count). The van der Waals surface area contributed by atoms with E-state index in [9.17, 15) is 9.90 Å². The minimum atomic E-state index is -0.677. The Bertz CT molecular complexity index is 181. The molecule has 0 aliphatic carbocycles. The highest BCUT2D eigenvalue weighted by molar-refractivity contribution is 5.69. The summed E-state index contributed by atoms with van der Waals surface area (Å²) < 4.78 is 4.78. The van der Waals surface area contributed by atoms with Gasteiger partial charge in [-0.25, -0.2) is 0 Å². The Hall–Kier alpha value is -0.610. The summed E-state index contributed by atoms with van der Waals surface area (Å²) in [6, 6.07) is 0. The number of ether oxygens (including phenoxy) is 1. The minimum Gasteiger partial charge on any atom is -0.466 e. The molecule has 2 N–H and O–H groups in total. The predicted octanol–water partition coefficient (Wildman–Crippen LogP) is 1.08. The highest BCUT2D eigenvalue weighted by atomic mass is 16.5. The lowest BCUT2D eigenvalue weighted by Gasteiger charge is -2.22. The molecular weight excluding hydrogens is 194 g/mol.